The fraction of sp³-hybridized carbons (Fsp3) is 0.304. The number of ether oxygens (including phenoxy) is 3. The van der Waals surface area contributed by atoms with Gasteiger partial charge < -0.3 is 19.2 Å². The Bertz CT molecular complexity index is 1300. The summed E-state index contributed by atoms with van der Waals surface area (Å²) in [5, 5.41) is 0.782. The van der Waals surface area contributed by atoms with Gasteiger partial charge in [0.2, 0.25) is 15.8 Å². The van der Waals surface area contributed by atoms with Gasteiger partial charge in [-0.05, 0) is 31.5 Å². The van der Waals surface area contributed by atoms with Crippen LogP contribution in [0.2, 0.25) is 0 Å². The van der Waals surface area contributed by atoms with E-state index in [1.54, 1.807) is 13.0 Å². The predicted octanol–water partition coefficient (Wildman–Crippen LogP) is 2.73. The summed E-state index contributed by atoms with van der Waals surface area (Å²) in [5.74, 6) is 0.0140. The normalized spacial score (nSPS) is 13.1. The lowest BCUT2D eigenvalue weighted by atomic mass is 10.1. The number of hydrogen-bond acceptors (Lipinski definition) is 7. The number of Topliss-reactive ketones (excluding diaryl/α,β-unsaturated/α-hetero) is 1. The number of sulfonamides is 1. The van der Waals surface area contributed by atoms with Crippen molar-refractivity contribution in [3.8, 4) is 11.5 Å². The van der Waals surface area contributed by atoms with Crippen molar-refractivity contribution in [3.05, 3.63) is 53.7 Å². The molecule has 0 aliphatic carbocycles. The second-order valence-corrected chi connectivity index (χ2v) is 9.33. The Hall–Kier alpha value is -3.37. The van der Waals surface area contributed by atoms with Gasteiger partial charge in [-0.2, -0.15) is 0 Å². The molecule has 33 heavy (non-hydrogen) atoms. The number of ketones is 1. The van der Waals surface area contributed by atoms with Crippen LogP contribution in [0.5, 0.6) is 11.5 Å². The number of para-hydroxylation sites is 1. The molecule has 2 aromatic carbocycles. The highest BCUT2D eigenvalue weighted by Crippen LogP contribution is 2.32. The molecule has 10 heteroatoms. The summed E-state index contributed by atoms with van der Waals surface area (Å²) in [6.45, 7) is 2.24. The molecule has 0 bridgehead atoms. The third kappa shape index (κ3) is 5.18. The van der Waals surface area contributed by atoms with Crippen molar-refractivity contribution in [3.63, 3.8) is 0 Å². The van der Waals surface area contributed by atoms with E-state index in [0.717, 1.165) is 10.9 Å². The van der Waals surface area contributed by atoms with Gasteiger partial charge >= 0.3 is 5.97 Å². The summed E-state index contributed by atoms with van der Waals surface area (Å²) in [7, 11) is -3.77. The average molecular weight is 473 g/mol. The summed E-state index contributed by atoms with van der Waals surface area (Å²) in [5.41, 5.74) is 2.06. The van der Waals surface area contributed by atoms with E-state index in [0.29, 0.717) is 36.0 Å². The van der Waals surface area contributed by atoms with E-state index in [-0.39, 0.29) is 36.7 Å². The number of carbonyl (C=O) groups is 2. The van der Waals surface area contributed by atoms with Crippen LogP contribution in [0.1, 0.15) is 28.9 Å². The lowest BCUT2D eigenvalue weighted by Gasteiger charge is -2.18. The monoisotopic (exact) mass is 472 g/mol. The van der Waals surface area contributed by atoms with Crippen molar-refractivity contribution < 1.29 is 32.2 Å². The maximum Gasteiger partial charge on any atom is 0.306 e. The quantitative estimate of drug-likeness (QED) is 0.279. The Morgan fingerprint density at radius 2 is 1.85 bits per heavy atom. The molecule has 0 atom stereocenters. The molecule has 1 aliphatic heterocycles. The first kappa shape index (κ1) is 22.8. The Kier molecular flexibility index (Phi) is 6.66. The van der Waals surface area contributed by atoms with Gasteiger partial charge in [-0.25, -0.2) is 13.1 Å². The molecule has 2 heterocycles. The van der Waals surface area contributed by atoms with Crippen LogP contribution in [0.15, 0.2) is 47.4 Å². The third-order valence-electron chi connectivity index (χ3n) is 5.21. The Balaban J connectivity index is 1.24. The number of rotatable bonds is 9. The van der Waals surface area contributed by atoms with Gasteiger partial charge in [0.05, 0.1) is 4.90 Å². The van der Waals surface area contributed by atoms with Crippen LogP contribution in [-0.2, 0) is 19.6 Å². The number of aromatic nitrogens is 1. The summed E-state index contributed by atoms with van der Waals surface area (Å²) < 4.78 is 43.3. The zero-order valence-corrected chi connectivity index (χ0v) is 18.9. The molecule has 0 radical (unpaired) electrons. The lowest BCUT2D eigenvalue weighted by Crippen LogP contribution is -2.26. The van der Waals surface area contributed by atoms with Crippen molar-refractivity contribution in [2.24, 2.45) is 0 Å². The molecule has 4 rings (SSSR count). The van der Waals surface area contributed by atoms with Crippen molar-refractivity contribution in [1.29, 1.82) is 0 Å². The van der Waals surface area contributed by atoms with Gasteiger partial charge in [-0.3, -0.25) is 9.59 Å². The number of aryl methyl sites for hydroxylation is 1. The van der Waals surface area contributed by atoms with Crippen LogP contribution in [-0.4, -0.2) is 51.5 Å². The lowest BCUT2D eigenvalue weighted by molar-refractivity contribution is -0.142. The minimum atomic E-state index is -3.77. The molecule has 0 saturated heterocycles. The van der Waals surface area contributed by atoms with Crippen molar-refractivity contribution in [2.45, 2.75) is 24.7 Å². The van der Waals surface area contributed by atoms with E-state index < -0.39 is 16.0 Å². The maximum atomic E-state index is 12.6. The molecule has 2 N–H and O–H groups in total. The second kappa shape index (κ2) is 9.63. The third-order valence-corrected chi connectivity index (χ3v) is 6.67. The van der Waals surface area contributed by atoms with Gasteiger partial charge in [-0.1, -0.05) is 18.2 Å². The van der Waals surface area contributed by atoms with E-state index >= 15 is 0 Å². The number of benzene rings is 2. The summed E-state index contributed by atoms with van der Waals surface area (Å²) in [6, 6.07) is 11.8. The first-order valence-corrected chi connectivity index (χ1v) is 12.0. The SMILES string of the molecule is Cc1[nH]c2ccccc2c1C(=O)COC(=O)CCCNS(=O)(=O)c1ccc2c(c1)OCCO2. The molecule has 0 unspecified atom stereocenters. The molecule has 1 aliphatic rings. The van der Waals surface area contributed by atoms with Crippen LogP contribution in [0, 0.1) is 6.92 Å². The number of nitrogens with one attached hydrogen (secondary N) is 2. The van der Waals surface area contributed by atoms with Crippen LogP contribution in [0.3, 0.4) is 0 Å². The molecule has 0 amide bonds. The smallest absolute Gasteiger partial charge is 0.306 e. The van der Waals surface area contributed by atoms with Gasteiger partial charge in [0.15, 0.2) is 18.1 Å². The average Bonchev–Trinajstić information content (AvgIpc) is 3.15. The van der Waals surface area contributed by atoms with Crippen molar-refractivity contribution in [2.75, 3.05) is 26.4 Å². The van der Waals surface area contributed by atoms with Gasteiger partial charge in [-0.15, -0.1) is 0 Å². The maximum absolute atomic E-state index is 12.6. The first-order valence-electron chi connectivity index (χ1n) is 10.5. The molecular formula is C23H24N2O7S. The van der Waals surface area contributed by atoms with Crippen LogP contribution in [0.4, 0.5) is 0 Å². The van der Waals surface area contributed by atoms with Crippen LogP contribution in [0.25, 0.3) is 10.9 Å². The molecular weight excluding hydrogens is 448 g/mol. The molecule has 0 saturated carbocycles. The highest BCUT2D eigenvalue weighted by Gasteiger charge is 2.20. The van der Waals surface area contributed by atoms with E-state index in [2.05, 4.69) is 9.71 Å². The van der Waals surface area contributed by atoms with E-state index in [1.807, 2.05) is 24.3 Å². The second-order valence-electron chi connectivity index (χ2n) is 7.56. The van der Waals surface area contributed by atoms with E-state index in [9.17, 15) is 18.0 Å². The standard InChI is InChI=1S/C23H24N2O7S/c1-15-23(17-5-2-3-6-18(17)25-15)19(26)14-32-22(27)7-4-10-24-33(28,29)16-8-9-20-21(13-16)31-12-11-30-20/h2-3,5-6,8-9,13,24-25H,4,7,10-12,14H2,1H3. The Morgan fingerprint density at radius 3 is 2.67 bits per heavy atom. The molecule has 1 aromatic heterocycles. The van der Waals surface area contributed by atoms with Crippen molar-refractivity contribution >= 4 is 32.7 Å². The topological polar surface area (TPSA) is 124 Å². The van der Waals surface area contributed by atoms with E-state index in [4.69, 9.17) is 14.2 Å². The Morgan fingerprint density at radius 1 is 1.09 bits per heavy atom. The number of fused-ring (bicyclic) bond motifs is 2. The number of aromatic amines is 1. The predicted molar refractivity (Wildman–Crippen MR) is 120 cm³/mol. The molecule has 0 fully saturated rings. The van der Waals surface area contributed by atoms with Crippen LogP contribution < -0.4 is 14.2 Å². The largest absolute Gasteiger partial charge is 0.486 e. The fourth-order valence-corrected chi connectivity index (χ4v) is 4.73. The molecule has 174 valence electrons. The minimum absolute atomic E-state index is 0.0240. The summed E-state index contributed by atoms with van der Waals surface area (Å²) >= 11 is 0. The first-order chi connectivity index (χ1) is 15.8. The zero-order valence-electron chi connectivity index (χ0n) is 18.1. The number of hydrogen-bond donors (Lipinski definition) is 2. The van der Waals surface area contributed by atoms with Gasteiger partial charge in [0.1, 0.15) is 13.2 Å². The van der Waals surface area contributed by atoms with E-state index in [1.165, 1.54) is 12.1 Å². The van der Waals surface area contributed by atoms with Crippen LogP contribution >= 0.6 is 0 Å². The number of esters is 1. The molecule has 9 nitrogen and oxygen atoms in total. The number of H-pyrrole nitrogens is 1. The van der Waals surface area contributed by atoms with Gasteiger partial charge in [0.25, 0.3) is 0 Å². The highest BCUT2D eigenvalue weighted by molar-refractivity contribution is 7.89. The fourth-order valence-electron chi connectivity index (χ4n) is 3.64. The molecule has 3 aromatic rings. The minimum Gasteiger partial charge on any atom is -0.486 e. The Labute approximate surface area is 191 Å². The highest BCUT2D eigenvalue weighted by atomic mass is 32.2. The van der Waals surface area contributed by atoms with Crippen molar-refractivity contribution in [1.82, 2.24) is 9.71 Å². The summed E-state index contributed by atoms with van der Waals surface area (Å²) in [4.78, 5) is 27.8. The molecule has 0 spiro atoms. The zero-order chi connectivity index (χ0) is 23.4. The number of carbonyl (C=O) groups excluding carboxylic acids is 2. The summed E-state index contributed by atoms with van der Waals surface area (Å²) in [6.07, 6.45) is 0.201. The van der Waals surface area contributed by atoms with Gasteiger partial charge in [0, 0.05) is 41.2 Å².